The number of hydrogen-bond acceptors (Lipinski definition) is 4. The molecule has 0 saturated heterocycles. The van der Waals surface area contributed by atoms with Gasteiger partial charge in [-0.25, -0.2) is 18.1 Å². The predicted octanol–water partition coefficient (Wildman–Crippen LogP) is 2.06. The molecule has 0 atom stereocenters. The number of aromatic nitrogens is 2. The first-order valence-electron chi connectivity index (χ1n) is 7.22. The second-order valence-corrected chi connectivity index (χ2v) is 7.41. The van der Waals surface area contributed by atoms with Gasteiger partial charge in [-0.05, 0) is 30.0 Å². The molecule has 3 N–H and O–H groups in total. The highest BCUT2D eigenvalue weighted by molar-refractivity contribution is 7.89. The Morgan fingerprint density at radius 3 is 2.52 bits per heavy atom. The van der Waals surface area contributed by atoms with Crippen molar-refractivity contribution in [2.75, 3.05) is 12.3 Å². The highest BCUT2D eigenvalue weighted by Crippen LogP contribution is 2.09. The standard InChI is InChI=1S/C15H22N4O2S.ClH/c1-12(2)9-19-10-15(17-11-19)22(20,21)18-8-7-13-3-5-14(16)6-4-13;/h3-6,10-12,18H,7-9,16H2,1-2H3;1H. The van der Waals surface area contributed by atoms with E-state index in [2.05, 4.69) is 23.6 Å². The lowest BCUT2D eigenvalue weighted by atomic mass is 10.1. The predicted molar refractivity (Wildman–Crippen MR) is 94.1 cm³/mol. The molecule has 0 spiro atoms. The van der Waals surface area contributed by atoms with E-state index in [1.807, 2.05) is 12.1 Å². The molecule has 1 aromatic heterocycles. The number of anilines is 1. The maximum atomic E-state index is 12.2. The van der Waals surface area contributed by atoms with E-state index in [9.17, 15) is 8.42 Å². The Bertz CT molecular complexity index is 711. The van der Waals surface area contributed by atoms with Crippen LogP contribution >= 0.6 is 12.4 Å². The molecular weight excluding hydrogens is 336 g/mol. The molecule has 6 nitrogen and oxygen atoms in total. The number of sulfonamides is 1. The van der Waals surface area contributed by atoms with Gasteiger partial charge in [0.2, 0.25) is 0 Å². The molecule has 0 amide bonds. The molecule has 0 aliphatic carbocycles. The van der Waals surface area contributed by atoms with E-state index < -0.39 is 10.0 Å². The van der Waals surface area contributed by atoms with Gasteiger partial charge in [-0.3, -0.25) is 0 Å². The fraction of sp³-hybridized carbons (Fsp3) is 0.400. The summed E-state index contributed by atoms with van der Waals surface area (Å²) in [5.74, 6) is 0.434. The molecule has 0 unspecified atom stereocenters. The summed E-state index contributed by atoms with van der Waals surface area (Å²) in [6.45, 7) is 5.20. The van der Waals surface area contributed by atoms with Gasteiger partial charge < -0.3 is 10.3 Å². The molecule has 8 heteroatoms. The number of nitrogens with one attached hydrogen (secondary N) is 1. The maximum absolute atomic E-state index is 12.2. The van der Waals surface area contributed by atoms with Crippen molar-refractivity contribution in [3.63, 3.8) is 0 Å². The number of nitrogen functional groups attached to an aromatic ring is 1. The Labute approximate surface area is 143 Å². The Morgan fingerprint density at radius 2 is 1.91 bits per heavy atom. The van der Waals surface area contributed by atoms with Crippen molar-refractivity contribution in [1.82, 2.24) is 14.3 Å². The highest BCUT2D eigenvalue weighted by atomic mass is 35.5. The Morgan fingerprint density at radius 1 is 1.26 bits per heavy atom. The van der Waals surface area contributed by atoms with Crippen LogP contribution in [0.5, 0.6) is 0 Å². The molecule has 1 heterocycles. The van der Waals surface area contributed by atoms with Gasteiger partial charge in [-0.1, -0.05) is 26.0 Å². The molecule has 0 aliphatic heterocycles. The summed E-state index contributed by atoms with van der Waals surface area (Å²) in [5.41, 5.74) is 7.34. The van der Waals surface area contributed by atoms with Crippen molar-refractivity contribution in [1.29, 1.82) is 0 Å². The second-order valence-electron chi connectivity index (χ2n) is 5.69. The van der Waals surface area contributed by atoms with E-state index in [4.69, 9.17) is 5.73 Å². The quantitative estimate of drug-likeness (QED) is 0.741. The van der Waals surface area contributed by atoms with E-state index in [1.54, 1.807) is 29.2 Å². The van der Waals surface area contributed by atoms with Crippen molar-refractivity contribution in [2.24, 2.45) is 5.92 Å². The van der Waals surface area contributed by atoms with E-state index in [-0.39, 0.29) is 17.4 Å². The summed E-state index contributed by atoms with van der Waals surface area (Å²) >= 11 is 0. The third-order valence-corrected chi connectivity index (χ3v) is 4.49. The maximum Gasteiger partial charge on any atom is 0.259 e. The van der Waals surface area contributed by atoms with Gasteiger partial charge >= 0.3 is 0 Å². The topological polar surface area (TPSA) is 90.0 Å². The molecule has 0 radical (unpaired) electrons. The van der Waals surface area contributed by atoms with Crippen molar-refractivity contribution in [2.45, 2.75) is 31.8 Å². The van der Waals surface area contributed by atoms with Crippen LogP contribution in [0.25, 0.3) is 0 Å². The summed E-state index contributed by atoms with van der Waals surface area (Å²) in [6, 6.07) is 7.39. The summed E-state index contributed by atoms with van der Waals surface area (Å²) in [6.07, 6.45) is 3.71. The smallest absolute Gasteiger partial charge is 0.259 e. The highest BCUT2D eigenvalue weighted by Gasteiger charge is 2.16. The third-order valence-electron chi connectivity index (χ3n) is 3.15. The molecule has 1 aromatic carbocycles. The Kier molecular flexibility index (Phi) is 7.05. The molecule has 2 aromatic rings. The molecule has 23 heavy (non-hydrogen) atoms. The summed E-state index contributed by atoms with van der Waals surface area (Å²) in [5, 5.41) is 0.0606. The molecule has 0 aliphatic rings. The summed E-state index contributed by atoms with van der Waals surface area (Å²) in [4.78, 5) is 3.97. The van der Waals surface area contributed by atoms with Crippen LogP contribution in [0.2, 0.25) is 0 Å². The van der Waals surface area contributed by atoms with Crippen LogP contribution in [0.3, 0.4) is 0 Å². The molecule has 128 valence electrons. The van der Waals surface area contributed by atoms with Crippen LogP contribution < -0.4 is 10.5 Å². The van der Waals surface area contributed by atoms with Crippen LogP contribution in [0.4, 0.5) is 5.69 Å². The van der Waals surface area contributed by atoms with Gasteiger partial charge in [0.05, 0.1) is 6.33 Å². The lowest BCUT2D eigenvalue weighted by Gasteiger charge is -2.06. The zero-order valence-corrected chi connectivity index (χ0v) is 14.9. The normalized spacial score (nSPS) is 11.4. The molecule has 0 fully saturated rings. The van der Waals surface area contributed by atoms with E-state index >= 15 is 0 Å². The van der Waals surface area contributed by atoms with Gasteiger partial charge in [0, 0.05) is 25.0 Å². The van der Waals surface area contributed by atoms with Crippen LogP contribution in [0.15, 0.2) is 41.8 Å². The Hall–Kier alpha value is -1.57. The first-order valence-corrected chi connectivity index (χ1v) is 8.71. The average molecular weight is 359 g/mol. The monoisotopic (exact) mass is 358 g/mol. The van der Waals surface area contributed by atoms with E-state index in [1.165, 1.54) is 0 Å². The zero-order chi connectivity index (χ0) is 16.2. The number of benzene rings is 1. The fourth-order valence-corrected chi connectivity index (χ4v) is 3.07. The first kappa shape index (κ1) is 19.5. The number of rotatable bonds is 7. The van der Waals surface area contributed by atoms with Crippen molar-refractivity contribution >= 4 is 28.1 Å². The van der Waals surface area contributed by atoms with E-state index in [0.717, 1.165) is 12.1 Å². The number of nitrogens with zero attached hydrogens (tertiary/aromatic N) is 2. The lowest BCUT2D eigenvalue weighted by Crippen LogP contribution is -2.26. The number of halogens is 1. The minimum atomic E-state index is -3.56. The Balaban J connectivity index is 0.00000264. The minimum absolute atomic E-state index is 0. The van der Waals surface area contributed by atoms with Gasteiger partial charge in [0.15, 0.2) is 5.03 Å². The minimum Gasteiger partial charge on any atom is -0.399 e. The second kappa shape index (κ2) is 8.33. The number of nitrogens with two attached hydrogens (primary N) is 1. The summed E-state index contributed by atoms with van der Waals surface area (Å²) < 4.78 is 28.7. The van der Waals surface area contributed by atoms with Crippen LogP contribution in [-0.2, 0) is 23.0 Å². The van der Waals surface area contributed by atoms with Crippen LogP contribution in [0, 0.1) is 5.92 Å². The van der Waals surface area contributed by atoms with Gasteiger partial charge in [-0.2, -0.15) is 0 Å². The van der Waals surface area contributed by atoms with E-state index in [0.29, 0.717) is 24.6 Å². The largest absolute Gasteiger partial charge is 0.399 e. The van der Waals surface area contributed by atoms with Crippen molar-refractivity contribution in [3.8, 4) is 0 Å². The molecule has 0 saturated carbocycles. The third kappa shape index (κ3) is 5.85. The van der Waals surface area contributed by atoms with Crippen molar-refractivity contribution < 1.29 is 8.42 Å². The van der Waals surface area contributed by atoms with Crippen molar-refractivity contribution in [3.05, 3.63) is 42.4 Å². The first-order chi connectivity index (χ1) is 10.4. The SMILES string of the molecule is CC(C)Cn1cnc(S(=O)(=O)NCCc2ccc(N)cc2)c1.Cl. The van der Waals surface area contributed by atoms with Crippen LogP contribution in [-0.4, -0.2) is 24.5 Å². The molecule has 0 bridgehead atoms. The lowest BCUT2D eigenvalue weighted by molar-refractivity contribution is 0.521. The molecule has 2 rings (SSSR count). The molecular formula is C15H23ClN4O2S. The number of hydrogen-bond donors (Lipinski definition) is 2. The zero-order valence-electron chi connectivity index (χ0n) is 13.3. The number of imidazole rings is 1. The van der Waals surface area contributed by atoms with Crippen LogP contribution in [0.1, 0.15) is 19.4 Å². The average Bonchev–Trinajstić information content (AvgIpc) is 2.89. The van der Waals surface area contributed by atoms with Gasteiger partial charge in [-0.15, -0.1) is 12.4 Å². The fourth-order valence-electron chi connectivity index (χ4n) is 2.09. The van der Waals surface area contributed by atoms with Gasteiger partial charge in [0.25, 0.3) is 10.0 Å². The summed E-state index contributed by atoms with van der Waals surface area (Å²) in [7, 11) is -3.56. The van der Waals surface area contributed by atoms with Gasteiger partial charge in [0.1, 0.15) is 0 Å².